The lowest BCUT2D eigenvalue weighted by molar-refractivity contribution is -0.115. The molecule has 0 radical (unpaired) electrons. The number of anilines is 1. The van der Waals surface area contributed by atoms with Gasteiger partial charge in [-0.1, -0.05) is 41.9 Å². The Kier molecular flexibility index (Phi) is 5.94. The monoisotopic (exact) mass is 335 g/mol. The Bertz CT molecular complexity index is 695. The topological polar surface area (TPSA) is 70.2 Å². The van der Waals surface area contributed by atoms with Crippen LogP contribution in [-0.2, 0) is 11.3 Å². The molecule has 7 heteroatoms. The molecule has 2 aromatic carbocycles. The summed E-state index contributed by atoms with van der Waals surface area (Å²) in [6.45, 7) is 0.0722. The summed E-state index contributed by atoms with van der Waals surface area (Å²) in [4.78, 5) is 23.3. The molecule has 2 aromatic rings. The van der Waals surface area contributed by atoms with Gasteiger partial charge in [0, 0.05) is 11.6 Å². The van der Waals surface area contributed by atoms with Gasteiger partial charge in [-0.25, -0.2) is 9.18 Å². The maximum atomic E-state index is 13.5. The summed E-state index contributed by atoms with van der Waals surface area (Å²) in [6.07, 6.45) is 0. The largest absolute Gasteiger partial charge is 0.334 e. The van der Waals surface area contributed by atoms with Crippen molar-refractivity contribution in [3.8, 4) is 0 Å². The lowest BCUT2D eigenvalue weighted by Gasteiger charge is -2.09. The van der Waals surface area contributed by atoms with E-state index in [1.807, 2.05) is 30.3 Å². The molecular formula is C16H15ClFN3O2. The number of benzene rings is 2. The number of hydrogen-bond donors (Lipinski definition) is 3. The van der Waals surface area contributed by atoms with Gasteiger partial charge in [0.05, 0.1) is 12.2 Å². The summed E-state index contributed by atoms with van der Waals surface area (Å²) >= 11 is 5.62. The second kappa shape index (κ2) is 8.14. The number of carbonyl (C=O) groups is 2. The number of carbonyl (C=O) groups excluding carboxylic acids is 2. The smallest absolute Gasteiger partial charge is 0.315 e. The van der Waals surface area contributed by atoms with Crippen molar-refractivity contribution >= 4 is 29.2 Å². The Morgan fingerprint density at radius 3 is 2.48 bits per heavy atom. The van der Waals surface area contributed by atoms with Gasteiger partial charge in [0.1, 0.15) is 5.82 Å². The lowest BCUT2D eigenvalue weighted by Crippen LogP contribution is -2.39. The molecule has 0 atom stereocenters. The van der Waals surface area contributed by atoms with Crippen LogP contribution in [0, 0.1) is 5.82 Å². The minimum Gasteiger partial charge on any atom is -0.334 e. The van der Waals surface area contributed by atoms with Crippen molar-refractivity contribution in [1.29, 1.82) is 0 Å². The van der Waals surface area contributed by atoms with Gasteiger partial charge in [-0.3, -0.25) is 4.79 Å². The standard InChI is InChI=1S/C16H15ClFN3O2/c17-12-6-7-14(13(18)8-12)21-15(22)10-20-16(23)19-9-11-4-2-1-3-5-11/h1-8H,9-10H2,(H,21,22)(H2,19,20,23). The summed E-state index contributed by atoms with van der Waals surface area (Å²) in [5, 5.41) is 7.60. The third kappa shape index (κ3) is 5.60. The second-order valence-corrected chi connectivity index (χ2v) is 5.13. The highest BCUT2D eigenvalue weighted by molar-refractivity contribution is 6.30. The van der Waals surface area contributed by atoms with Gasteiger partial charge in [-0.2, -0.15) is 0 Å². The number of halogens is 2. The molecule has 0 aliphatic heterocycles. The van der Waals surface area contributed by atoms with Crippen molar-refractivity contribution in [3.05, 3.63) is 64.9 Å². The minimum atomic E-state index is -0.639. The SMILES string of the molecule is O=C(CNC(=O)NCc1ccccc1)Nc1ccc(Cl)cc1F. The van der Waals surface area contributed by atoms with Crippen LogP contribution in [0.25, 0.3) is 0 Å². The van der Waals surface area contributed by atoms with E-state index in [1.54, 1.807) is 0 Å². The molecule has 0 aromatic heterocycles. The summed E-state index contributed by atoms with van der Waals surface area (Å²) in [6, 6.07) is 12.8. The zero-order chi connectivity index (χ0) is 16.7. The molecule has 23 heavy (non-hydrogen) atoms. The molecule has 2 rings (SSSR count). The van der Waals surface area contributed by atoms with E-state index in [2.05, 4.69) is 16.0 Å². The summed E-state index contributed by atoms with van der Waals surface area (Å²) in [5.41, 5.74) is 0.946. The van der Waals surface area contributed by atoms with Crippen molar-refractivity contribution in [2.24, 2.45) is 0 Å². The van der Waals surface area contributed by atoms with E-state index in [9.17, 15) is 14.0 Å². The minimum absolute atomic E-state index is 0.00546. The van der Waals surface area contributed by atoms with E-state index in [4.69, 9.17) is 11.6 Å². The van der Waals surface area contributed by atoms with Crippen molar-refractivity contribution < 1.29 is 14.0 Å². The summed E-state index contributed by atoms with van der Waals surface area (Å²) in [7, 11) is 0. The van der Waals surface area contributed by atoms with Crippen LogP contribution < -0.4 is 16.0 Å². The van der Waals surface area contributed by atoms with Gasteiger partial charge in [-0.15, -0.1) is 0 Å². The van der Waals surface area contributed by atoms with E-state index in [1.165, 1.54) is 12.1 Å². The van der Waals surface area contributed by atoms with Crippen LogP contribution in [0.15, 0.2) is 48.5 Å². The van der Waals surface area contributed by atoms with Gasteiger partial charge >= 0.3 is 6.03 Å². The second-order valence-electron chi connectivity index (χ2n) is 4.69. The Morgan fingerprint density at radius 2 is 1.78 bits per heavy atom. The third-order valence-electron chi connectivity index (χ3n) is 2.91. The van der Waals surface area contributed by atoms with Gasteiger partial charge in [0.2, 0.25) is 5.91 Å². The van der Waals surface area contributed by atoms with Crippen LogP contribution >= 0.6 is 11.6 Å². The molecule has 5 nitrogen and oxygen atoms in total. The maximum absolute atomic E-state index is 13.5. The molecule has 0 saturated heterocycles. The molecule has 3 N–H and O–H groups in total. The fourth-order valence-electron chi connectivity index (χ4n) is 1.79. The van der Waals surface area contributed by atoms with Crippen LogP contribution in [0.2, 0.25) is 5.02 Å². The van der Waals surface area contributed by atoms with Crippen LogP contribution in [0.4, 0.5) is 14.9 Å². The molecule has 0 aliphatic carbocycles. The fraction of sp³-hybridized carbons (Fsp3) is 0.125. The molecule has 0 bridgehead atoms. The predicted molar refractivity (Wildman–Crippen MR) is 86.7 cm³/mol. The molecular weight excluding hydrogens is 321 g/mol. The van der Waals surface area contributed by atoms with E-state index >= 15 is 0 Å². The lowest BCUT2D eigenvalue weighted by atomic mass is 10.2. The molecule has 0 unspecified atom stereocenters. The zero-order valence-corrected chi connectivity index (χ0v) is 12.9. The van der Waals surface area contributed by atoms with Crippen molar-refractivity contribution in [2.75, 3.05) is 11.9 Å². The van der Waals surface area contributed by atoms with E-state index in [-0.39, 0.29) is 17.3 Å². The molecule has 0 heterocycles. The van der Waals surface area contributed by atoms with Gasteiger partial charge in [0.25, 0.3) is 0 Å². The van der Waals surface area contributed by atoms with Crippen LogP contribution in [-0.4, -0.2) is 18.5 Å². The number of hydrogen-bond acceptors (Lipinski definition) is 2. The highest BCUT2D eigenvalue weighted by Crippen LogP contribution is 2.18. The third-order valence-corrected chi connectivity index (χ3v) is 3.15. The molecule has 0 spiro atoms. The van der Waals surface area contributed by atoms with Gasteiger partial charge in [-0.05, 0) is 23.8 Å². The Labute approximate surface area is 137 Å². The number of urea groups is 1. The van der Waals surface area contributed by atoms with Gasteiger partial charge in [0.15, 0.2) is 0 Å². The Morgan fingerprint density at radius 1 is 1.04 bits per heavy atom. The van der Waals surface area contributed by atoms with Crippen LogP contribution in [0.3, 0.4) is 0 Å². The first-order chi connectivity index (χ1) is 11.0. The van der Waals surface area contributed by atoms with Crippen LogP contribution in [0.1, 0.15) is 5.56 Å². The average molecular weight is 336 g/mol. The highest BCUT2D eigenvalue weighted by atomic mass is 35.5. The first-order valence-electron chi connectivity index (χ1n) is 6.85. The molecule has 3 amide bonds. The molecule has 0 aliphatic rings. The summed E-state index contributed by atoms with van der Waals surface area (Å²) < 4.78 is 13.5. The number of rotatable bonds is 5. The predicted octanol–water partition coefficient (Wildman–Crippen LogP) is 2.92. The fourth-order valence-corrected chi connectivity index (χ4v) is 1.95. The first kappa shape index (κ1) is 16.8. The van der Waals surface area contributed by atoms with Crippen molar-refractivity contribution in [3.63, 3.8) is 0 Å². The van der Waals surface area contributed by atoms with Gasteiger partial charge < -0.3 is 16.0 Å². The molecule has 0 fully saturated rings. The number of nitrogens with one attached hydrogen (secondary N) is 3. The van der Waals surface area contributed by atoms with Crippen molar-refractivity contribution in [1.82, 2.24) is 10.6 Å². The van der Waals surface area contributed by atoms with E-state index in [0.717, 1.165) is 11.6 Å². The highest BCUT2D eigenvalue weighted by Gasteiger charge is 2.09. The summed E-state index contributed by atoms with van der Waals surface area (Å²) in [5.74, 6) is -1.18. The normalized spacial score (nSPS) is 10.0. The Balaban J connectivity index is 1.74. The molecule has 0 saturated carbocycles. The first-order valence-corrected chi connectivity index (χ1v) is 7.23. The molecule has 120 valence electrons. The zero-order valence-electron chi connectivity index (χ0n) is 12.1. The quantitative estimate of drug-likeness (QED) is 0.786. The maximum Gasteiger partial charge on any atom is 0.315 e. The van der Waals surface area contributed by atoms with Crippen molar-refractivity contribution in [2.45, 2.75) is 6.54 Å². The Hall–Kier alpha value is -2.60. The number of amides is 3. The van der Waals surface area contributed by atoms with E-state index < -0.39 is 17.8 Å². The van der Waals surface area contributed by atoms with Crippen LogP contribution in [0.5, 0.6) is 0 Å². The van der Waals surface area contributed by atoms with E-state index in [0.29, 0.717) is 6.54 Å². The average Bonchev–Trinajstić information content (AvgIpc) is 2.54.